The first kappa shape index (κ1) is 16.9. The van der Waals surface area contributed by atoms with Crippen LogP contribution >= 0.6 is 0 Å². The van der Waals surface area contributed by atoms with Crippen LogP contribution in [0.5, 0.6) is 11.5 Å². The smallest absolute Gasteiger partial charge is 0.262 e. The zero-order valence-corrected chi connectivity index (χ0v) is 14.8. The van der Waals surface area contributed by atoms with Gasteiger partial charge in [0.2, 0.25) is 6.79 Å². The molecular formula is C21H19N3O3. The van der Waals surface area contributed by atoms with Crippen LogP contribution in [0.3, 0.4) is 0 Å². The molecule has 0 saturated carbocycles. The minimum absolute atomic E-state index is 0.222. The van der Waals surface area contributed by atoms with Crippen LogP contribution < -0.4 is 20.2 Å². The van der Waals surface area contributed by atoms with Gasteiger partial charge in [-0.15, -0.1) is 0 Å². The minimum atomic E-state index is -0.440. The summed E-state index contributed by atoms with van der Waals surface area (Å²) in [5, 5.41) is 9.47. The van der Waals surface area contributed by atoms with E-state index in [0.717, 1.165) is 22.0 Å². The number of hydrazone groups is 1. The number of amides is 1. The molecule has 2 N–H and O–H groups in total. The predicted octanol–water partition coefficient (Wildman–Crippen LogP) is 3.52. The van der Waals surface area contributed by atoms with Gasteiger partial charge in [-0.3, -0.25) is 4.79 Å². The lowest BCUT2D eigenvalue weighted by Crippen LogP contribution is -2.34. The van der Waals surface area contributed by atoms with Crippen molar-refractivity contribution >= 4 is 28.6 Å². The molecule has 27 heavy (non-hydrogen) atoms. The number of carbonyl (C=O) groups excluding carboxylic acids is 1. The van der Waals surface area contributed by atoms with E-state index in [1.165, 1.54) is 0 Å². The topological polar surface area (TPSA) is 72.0 Å². The number of fused-ring (bicyclic) bond motifs is 2. The van der Waals surface area contributed by atoms with Gasteiger partial charge >= 0.3 is 0 Å². The van der Waals surface area contributed by atoms with Crippen molar-refractivity contribution in [3.63, 3.8) is 0 Å². The minimum Gasteiger partial charge on any atom is -0.454 e. The molecule has 136 valence electrons. The molecule has 0 saturated heterocycles. The quantitative estimate of drug-likeness (QED) is 0.539. The van der Waals surface area contributed by atoms with Gasteiger partial charge < -0.3 is 14.8 Å². The van der Waals surface area contributed by atoms with E-state index >= 15 is 0 Å². The van der Waals surface area contributed by atoms with E-state index in [9.17, 15) is 4.79 Å². The van der Waals surface area contributed by atoms with Gasteiger partial charge in [0.1, 0.15) is 6.04 Å². The molecule has 1 aliphatic heterocycles. The van der Waals surface area contributed by atoms with Gasteiger partial charge in [0.05, 0.1) is 6.21 Å². The first-order valence-corrected chi connectivity index (χ1v) is 8.67. The standard InChI is InChI=1S/C21H19N3O3/c1-14(23-18-8-4-6-16-5-2-3-7-17(16)18)21(25)24-22-12-15-9-10-19-20(11-15)27-13-26-19/h2-12,14,23H,13H2,1H3,(H,24,25). The molecule has 0 bridgehead atoms. The fourth-order valence-electron chi connectivity index (χ4n) is 2.91. The van der Waals surface area contributed by atoms with Gasteiger partial charge in [-0.2, -0.15) is 5.10 Å². The van der Waals surface area contributed by atoms with Crippen LogP contribution in [0, 0.1) is 0 Å². The molecule has 6 nitrogen and oxygen atoms in total. The molecule has 0 aliphatic carbocycles. The summed E-state index contributed by atoms with van der Waals surface area (Å²) < 4.78 is 10.6. The number of nitrogens with one attached hydrogen (secondary N) is 2. The second kappa shape index (κ2) is 7.37. The van der Waals surface area contributed by atoms with Crippen molar-refractivity contribution in [1.29, 1.82) is 0 Å². The maximum Gasteiger partial charge on any atom is 0.262 e. The summed E-state index contributed by atoms with van der Waals surface area (Å²) in [6.45, 7) is 2.03. The summed E-state index contributed by atoms with van der Waals surface area (Å²) in [6.07, 6.45) is 1.57. The van der Waals surface area contributed by atoms with Gasteiger partial charge in [-0.1, -0.05) is 36.4 Å². The number of nitrogens with zero attached hydrogens (tertiary/aromatic N) is 1. The largest absolute Gasteiger partial charge is 0.454 e. The van der Waals surface area contributed by atoms with Crippen molar-refractivity contribution < 1.29 is 14.3 Å². The molecule has 1 amide bonds. The molecule has 6 heteroatoms. The highest BCUT2D eigenvalue weighted by atomic mass is 16.7. The Kier molecular flexibility index (Phi) is 4.61. The van der Waals surface area contributed by atoms with E-state index < -0.39 is 6.04 Å². The molecule has 1 unspecified atom stereocenters. The van der Waals surface area contributed by atoms with Crippen LogP contribution in [-0.2, 0) is 4.79 Å². The number of benzene rings is 3. The lowest BCUT2D eigenvalue weighted by molar-refractivity contribution is -0.121. The maximum absolute atomic E-state index is 12.3. The third kappa shape index (κ3) is 3.69. The van der Waals surface area contributed by atoms with E-state index in [1.54, 1.807) is 13.1 Å². The molecule has 0 aromatic heterocycles. The Morgan fingerprint density at radius 2 is 1.89 bits per heavy atom. The SMILES string of the molecule is CC(Nc1cccc2ccccc12)C(=O)NN=Cc1ccc2c(c1)OCO2. The van der Waals surface area contributed by atoms with Crippen molar-refractivity contribution in [2.45, 2.75) is 13.0 Å². The second-order valence-corrected chi connectivity index (χ2v) is 6.24. The van der Waals surface area contributed by atoms with Crippen LogP contribution in [0.1, 0.15) is 12.5 Å². The first-order chi connectivity index (χ1) is 13.2. The monoisotopic (exact) mass is 361 g/mol. The highest BCUT2D eigenvalue weighted by Crippen LogP contribution is 2.32. The first-order valence-electron chi connectivity index (χ1n) is 8.67. The van der Waals surface area contributed by atoms with Crippen molar-refractivity contribution in [3.8, 4) is 11.5 Å². The zero-order chi connectivity index (χ0) is 18.6. The summed E-state index contributed by atoms with van der Waals surface area (Å²) in [4.78, 5) is 12.3. The zero-order valence-electron chi connectivity index (χ0n) is 14.8. The van der Waals surface area contributed by atoms with Crippen LogP contribution in [0.15, 0.2) is 65.8 Å². The van der Waals surface area contributed by atoms with E-state index in [1.807, 2.05) is 60.7 Å². The number of hydrogen-bond donors (Lipinski definition) is 2. The number of anilines is 1. The van der Waals surface area contributed by atoms with Crippen LogP contribution in [0.2, 0.25) is 0 Å². The summed E-state index contributed by atoms with van der Waals surface area (Å²) in [5.74, 6) is 1.17. The Hall–Kier alpha value is -3.54. The summed E-state index contributed by atoms with van der Waals surface area (Å²) in [7, 11) is 0. The van der Waals surface area contributed by atoms with E-state index in [-0.39, 0.29) is 12.7 Å². The van der Waals surface area contributed by atoms with Gasteiger partial charge in [0.15, 0.2) is 11.5 Å². The third-order valence-electron chi connectivity index (χ3n) is 4.34. The molecule has 4 rings (SSSR count). The molecule has 0 spiro atoms. The Balaban J connectivity index is 1.39. The summed E-state index contributed by atoms with van der Waals surface area (Å²) in [5.41, 5.74) is 4.29. The Morgan fingerprint density at radius 3 is 2.81 bits per heavy atom. The normalized spacial score (nSPS) is 13.7. The second-order valence-electron chi connectivity index (χ2n) is 6.24. The molecular weight excluding hydrogens is 342 g/mol. The predicted molar refractivity (Wildman–Crippen MR) is 105 cm³/mol. The Morgan fingerprint density at radius 1 is 1.07 bits per heavy atom. The maximum atomic E-state index is 12.3. The van der Waals surface area contributed by atoms with E-state index in [4.69, 9.17) is 9.47 Å². The average Bonchev–Trinajstić information content (AvgIpc) is 3.16. The van der Waals surface area contributed by atoms with E-state index in [0.29, 0.717) is 11.5 Å². The number of ether oxygens (including phenoxy) is 2. The van der Waals surface area contributed by atoms with Gasteiger partial charge in [0.25, 0.3) is 5.91 Å². The lowest BCUT2D eigenvalue weighted by atomic mass is 10.1. The van der Waals surface area contributed by atoms with Crippen molar-refractivity contribution in [3.05, 3.63) is 66.2 Å². The van der Waals surface area contributed by atoms with Crippen molar-refractivity contribution in [2.24, 2.45) is 5.10 Å². The number of rotatable bonds is 5. The Labute approximate surface area is 156 Å². The number of carbonyl (C=O) groups is 1. The lowest BCUT2D eigenvalue weighted by Gasteiger charge is -2.15. The molecule has 1 atom stereocenters. The molecule has 1 heterocycles. The molecule has 3 aromatic carbocycles. The fraction of sp³-hybridized carbons (Fsp3) is 0.143. The molecule has 3 aromatic rings. The summed E-state index contributed by atoms with van der Waals surface area (Å²) in [6, 6.07) is 19.1. The molecule has 1 aliphatic rings. The van der Waals surface area contributed by atoms with Gasteiger partial charge in [0, 0.05) is 11.1 Å². The highest BCUT2D eigenvalue weighted by Gasteiger charge is 2.14. The third-order valence-corrected chi connectivity index (χ3v) is 4.34. The van der Waals surface area contributed by atoms with Gasteiger partial charge in [-0.05, 0) is 42.1 Å². The van der Waals surface area contributed by atoms with Gasteiger partial charge in [-0.25, -0.2) is 5.43 Å². The van der Waals surface area contributed by atoms with Crippen LogP contribution in [0.4, 0.5) is 5.69 Å². The molecule has 0 radical (unpaired) electrons. The molecule has 0 fully saturated rings. The van der Waals surface area contributed by atoms with Crippen LogP contribution in [-0.4, -0.2) is 25.0 Å². The van der Waals surface area contributed by atoms with E-state index in [2.05, 4.69) is 15.8 Å². The summed E-state index contributed by atoms with van der Waals surface area (Å²) >= 11 is 0. The highest BCUT2D eigenvalue weighted by molar-refractivity contribution is 5.96. The number of hydrogen-bond acceptors (Lipinski definition) is 5. The van der Waals surface area contributed by atoms with Crippen LogP contribution in [0.25, 0.3) is 10.8 Å². The van der Waals surface area contributed by atoms with Crippen molar-refractivity contribution in [1.82, 2.24) is 5.43 Å². The fourth-order valence-corrected chi connectivity index (χ4v) is 2.91. The van der Waals surface area contributed by atoms with Crippen molar-refractivity contribution in [2.75, 3.05) is 12.1 Å². The average molecular weight is 361 g/mol. The Bertz CT molecular complexity index is 1010.